The number of benzene rings is 2. The molecule has 5 rings (SSSR count). The zero-order chi connectivity index (χ0) is 22.3. The van der Waals surface area contributed by atoms with Crippen LogP contribution in [-0.4, -0.2) is 41.4 Å². The van der Waals surface area contributed by atoms with Gasteiger partial charge in [0, 0.05) is 28.7 Å². The number of carbonyl (C=O) groups excluding carboxylic acids is 3. The van der Waals surface area contributed by atoms with Crippen LogP contribution in [0.4, 0.5) is 9.18 Å². The average Bonchev–Trinajstić information content (AvgIpc) is 3.30. The number of likely N-dealkylation sites (tertiary alicyclic amines) is 1. The Morgan fingerprint density at radius 1 is 1.09 bits per heavy atom. The van der Waals surface area contributed by atoms with Crippen molar-refractivity contribution in [1.82, 2.24) is 15.5 Å². The maximum absolute atomic E-state index is 14.7. The van der Waals surface area contributed by atoms with Gasteiger partial charge in [0.05, 0.1) is 4.88 Å². The minimum Gasteiger partial charge on any atom is -0.489 e. The van der Waals surface area contributed by atoms with E-state index in [1.165, 1.54) is 17.4 Å². The number of urea groups is 1. The minimum absolute atomic E-state index is 0.0578. The van der Waals surface area contributed by atoms with E-state index in [-0.39, 0.29) is 18.4 Å². The van der Waals surface area contributed by atoms with Gasteiger partial charge in [-0.25, -0.2) is 9.18 Å². The van der Waals surface area contributed by atoms with Crippen molar-refractivity contribution in [2.45, 2.75) is 25.0 Å². The number of halogens is 1. The Morgan fingerprint density at radius 2 is 1.84 bits per heavy atom. The maximum atomic E-state index is 14.7. The van der Waals surface area contributed by atoms with Crippen LogP contribution in [-0.2, 0) is 11.4 Å². The first-order valence-electron chi connectivity index (χ1n) is 10.3. The first kappa shape index (κ1) is 20.4. The van der Waals surface area contributed by atoms with E-state index >= 15 is 0 Å². The van der Waals surface area contributed by atoms with Gasteiger partial charge in [0.15, 0.2) is 0 Å². The number of fused-ring (bicyclic) bond motifs is 1. The summed E-state index contributed by atoms with van der Waals surface area (Å²) in [5, 5.41) is 5.36. The van der Waals surface area contributed by atoms with E-state index in [0.29, 0.717) is 52.2 Å². The zero-order valence-corrected chi connectivity index (χ0v) is 17.8. The van der Waals surface area contributed by atoms with Crippen LogP contribution < -0.4 is 15.4 Å². The number of imide groups is 1. The van der Waals surface area contributed by atoms with E-state index in [1.807, 2.05) is 18.2 Å². The second kappa shape index (κ2) is 7.90. The van der Waals surface area contributed by atoms with Crippen LogP contribution >= 0.6 is 11.3 Å². The molecule has 2 aliphatic heterocycles. The minimum atomic E-state index is -0.959. The normalized spacial score (nSPS) is 17.5. The molecule has 4 amide bonds. The topological polar surface area (TPSA) is 87.7 Å². The van der Waals surface area contributed by atoms with Crippen LogP contribution in [0.2, 0.25) is 0 Å². The molecule has 1 aromatic heterocycles. The first-order chi connectivity index (χ1) is 15.5. The molecule has 0 saturated carbocycles. The third kappa shape index (κ3) is 3.48. The highest BCUT2D eigenvalue weighted by atomic mass is 32.1. The third-order valence-corrected chi connectivity index (χ3v) is 7.19. The smallest absolute Gasteiger partial charge is 0.322 e. The van der Waals surface area contributed by atoms with E-state index in [1.54, 1.807) is 29.2 Å². The van der Waals surface area contributed by atoms with Gasteiger partial charge in [-0.1, -0.05) is 24.3 Å². The lowest BCUT2D eigenvalue weighted by Gasteiger charge is -2.36. The fourth-order valence-electron chi connectivity index (χ4n) is 4.27. The second-order valence-electron chi connectivity index (χ2n) is 7.91. The summed E-state index contributed by atoms with van der Waals surface area (Å²) in [5.74, 6) is -0.343. The Balaban J connectivity index is 1.42. The molecule has 32 heavy (non-hydrogen) atoms. The Kier molecular flexibility index (Phi) is 5.05. The van der Waals surface area contributed by atoms with Crippen LogP contribution in [0.5, 0.6) is 5.75 Å². The molecule has 3 heterocycles. The lowest BCUT2D eigenvalue weighted by Crippen LogP contribution is -2.55. The number of nitrogens with one attached hydrogen (secondary N) is 2. The van der Waals surface area contributed by atoms with E-state index < -0.39 is 17.4 Å². The van der Waals surface area contributed by atoms with Crippen LogP contribution in [0.3, 0.4) is 0 Å². The third-order valence-electron chi connectivity index (χ3n) is 6.00. The molecule has 7 nitrogen and oxygen atoms in total. The molecule has 9 heteroatoms. The maximum Gasteiger partial charge on any atom is 0.322 e. The number of rotatable bonds is 4. The molecule has 164 valence electrons. The standard InChI is InChI=1S/C23H20FN3O4S/c24-16-7-4-8-17-18(16)15(13-31-14-5-2-1-3-6-14)19(32-17)20(28)27-11-9-23(10-12-27)21(29)25-22(30)26-23/h1-8H,9-13H2,(H2,25,26,29,30). The van der Waals surface area contributed by atoms with Crippen molar-refractivity contribution in [2.75, 3.05) is 13.1 Å². The number of nitrogens with zero attached hydrogens (tertiary/aromatic N) is 1. The van der Waals surface area contributed by atoms with Gasteiger partial charge in [0.2, 0.25) is 0 Å². The summed E-state index contributed by atoms with van der Waals surface area (Å²) in [6.45, 7) is 0.673. The Bertz CT molecular complexity index is 1220. The molecule has 2 N–H and O–H groups in total. The summed E-state index contributed by atoms with van der Waals surface area (Å²) < 4.78 is 21.3. The van der Waals surface area contributed by atoms with Gasteiger partial charge in [-0.3, -0.25) is 14.9 Å². The zero-order valence-electron chi connectivity index (χ0n) is 17.0. The van der Waals surface area contributed by atoms with Crippen LogP contribution in [0.1, 0.15) is 28.1 Å². The van der Waals surface area contributed by atoms with E-state index in [2.05, 4.69) is 10.6 Å². The van der Waals surface area contributed by atoms with Crippen LogP contribution in [0.25, 0.3) is 10.1 Å². The van der Waals surface area contributed by atoms with Crippen LogP contribution in [0, 0.1) is 5.82 Å². The molecule has 0 atom stereocenters. The van der Waals surface area contributed by atoms with Gasteiger partial charge in [0.25, 0.3) is 11.8 Å². The number of carbonyl (C=O) groups is 3. The predicted octanol–water partition coefficient (Wildman–Crippen LogP) is 3.43. The molecule has 2 aromatic carbocycles. The largest absolute Gasteiger partial charge is 0.489 e. The van der Waals surface area contributed by atoms with Gasteiger partial charge < -0.3 is 15.0 Å². The fraction of sp³-hybridized carbons (Fsp3) is 0.261. The number of para-hydroxylation sites is 1. The molecule has 2 fully saturated rings. The van der Waals surface area contributed by atoms with Crippen molar-refractivity contribution in [3.8, 4) is 5.75 Å². The molecule has 2 aliphatic rings. The van der Waals surface area contributed by atoms with E-state index in [4.69, 9.17) is 4.74 Å². The number of piperidine rings is 1. The molecule has 2 saturated heterocycles. The van der Waals surface area contributed by atoms with Gasteiger partial charge >= 0.3 is 6.03 Å². The number of thiophene rings is 1. The molecular weight excluding hydrogens is 433 g/mol. The van der Waals surface area contributed by atoms with Crippen molar-refractivity contribution in [2.24, 2.45) is 0 Å². The highest BCUT2D eigenvalue weighted by molar-refractivity contribution is 7.21. The fourth-order valence-corrected chi connectivity index (χ4v) is 5.46. The average molecular weight is 453 g/mol. The Hall–Kier alpha value is -3.46. The van der Waals surface area contributed by atoms with Gasteiger partial charge in [-0.2, -0.15) is 0 Å². The summed E-state index contributed by atoms with van der Waals surface area (Å²) in [6, 6.07) is 13.4. The van der Waals surface area contributed by atoms with Crippen molar-refractivity contribution in [3.05, 3.63) is 64.8 Å². The number of hydrogen-bond donors (Lipinski definition) is 2. The summed E-state index contributed by atoms with van der Waals surface area (Å²) >= 11 is 1.24. The van der Waals surface area contributed by atoms with Crippen molar-refractivity contribution >= 4 is 39.3 Å². The Morgan fingerprint density at radius 3 is 2.53 bits per heavy atom. The van der Waals surface area contributed by atoms with Gasteiger partial charge in [0.1, 0.15) is 23.7 Å². The first-order valence-corrected chi connectivity index (χ1v) is 11.1. The summed E-state index contributed by atoms with van der Waals surface area (Å²) in [4.78, 5) is 39.3. The van der Waals surface area contributed by atoms with E-state index in [0.717, 1.165) is 0 Å². The van der Waals surface area contributed by atoms with Crippen LogP contribution in [0.15, 0.2) is 48.5 Å². The van der Waals surface area contributed by atoms with E-state index in [9.17, 15) is 18.8 Å². The predicted molar refractivity (Wildman–Crippen MR) is 117 cm³/mol. The monoisotopic (exact) mass is 453 g/mol. The van der Waals surface area contributed by atoms with Crippen molar-refractivity contribution < 1.29 is 23.5 Å². The molecule has 0 bridgehead atoms. The lowest BCUT2D eigenvalue weighted by atomic mass is 9.87. The SMILES string of the molecule is O=C1NC(=O)C2(CCN(C(=O)c3sc4cccc(F)c4c3COc3ccccc3)CC2)N1. The van der Waals surface area contributed by atoms with Gasteiger partial charge in [-0.15, -0.1) is 11.3 Å². The molecule has 0 unspecified atom stereocenters. The lowest BCUT2D eigenvalue weighted by molar-refractivity contribution is -0.125. The second-order valence-corrected chi connectivity index (χ2v) is 8.96. The molecule has 1 spiro atoms. The van der Waals surface area contributed by atoms with Crippen molar-refractivity contribution in [3.63, 3.8) is 0 Å². The number of hydrogen-bond acceptors (Lipinski definition) is 5. The highest BCUT2D eigenvalue weighted by Gasteiger charge is 2.48. The van der Waals surface area contributed by atoms with Gasteiger partial charge in [-0.05, 0) is 37.1 Å². The molecule has 0 aliphatic carbocycles. The van der Waals surface area contributed by atoms with Crippen molar-refractivity contribution in [1.29, 1.82) is 0 Å². The summed E-state index contributed by atoms with van der Waals surface area (Å²) in [6.07, 6.45) is 0.650. The summed E-state index contributed by atoms with van der Waals surface area (Å²) in [7, 11) is 0. The Labute approximate surface area is 187 Å². The summed E-state index contributed by atoms with van der Waals surface area (Å²) in [5.41, 5.74) is -0.441. The molecular formula is C23H20FN3O4S. The molecule has 3 aromatic rings. The number of ether oxygens (including phenoxy) is 1. The molecule has 0 radical (unpaired) electrons. The number of amides is 4. The quantitative estimate of drug-likeness (QED) is 0.593. The highest BCUT2D eigenvalue weighted by Crippen LogP contribution is 2.36.